The molecule has 2 aliphatic rings. The first-order valence-corrected chi connectivity index (χ1v) is 10.4. The number of ether oxygens (including phenoxy) is 3. The van der Waals surface area contributed by atoms with Gasteiger partial charge in [0.15, 0.2) is 11.5 Å². The maximum atomic E-state index is 12.6. The number of aromatic nitrogens is 2. The molecule has 0 radical (unpaired) electrons. The summed E-state index contributed by atoms with van der Waals surface area (Å²) in [6, 6.07) is 15.7. The Hall–Kier alpha value is -3.58. The molecule has 0 saturated carbocycles. The fourth-order valence-electron chi connectivity index (χ4n) is 3.69. The van der Waals surface area contributed by atoms with E-state index in [4.69, 9.17) is 19.3 Å². The summed E-state index contributed by atoms with van der Waals surface area (Å²) in [6.07, 6.45) is 5.38. The lowest BCUT2D eigenvalue weighted by Crippen LogP contribution is -2.39. The standard InChI is InChI=1S/C24H23N3O4/c28-23(26-10-12-29-13-11-26)9-7-19-17-27(20-4-2-1-3-5-20)25-24(19)18-6-8-21-22(16-18)31-15-14-30-21/h1-9,16-17H,10-15H2/b9-7+. The molecule has 5 rings (SSSR count). The van der Waals surface area contributed by atoms with Crippen LogP contribution in [0.5, 0.6) is 11.5 Å². The molecule has 0 unspecified atom stereocenters. The summed E-state index contributed by atoms with van der Waals surface area (Å²) >= 11 is 0. The van der Waals surface area contributed by atoms with E-state index in [0.29, 0.717) is 45.3 Å². The monoisotopic (exact) mass is 417 g/mol. The van der Waals surface area contributed by atoms with Crippen molar-refractivity contribution in [2.24, 2.45) is 0 Å². The predicted octanol–water partition coefficient (Wildman–Crippen LogP) is 3.18. The van der Waals surface area contributed by atoms with Crippen molar-refractivity contribution in [3.63, 3.8) is 0 Å². The molecule has 1 saturated heterocycles. The zero-order chi connectivity index (χ0) is 21.0. The first-order valence-electron chi connectivity index (χ1n) is 10.4. The van der Waals surface area contributed by atoms with Crippen molar-refractivity contribution in [3.05, 3.63) is 66.4 Å². The number of para-hydroxylation sites is 1. The van der Waals surface area contributed by atoms with Gasteiger partial charge in [0.1, 0.15) is 18.9 Å². The van der Waals surface area contributed by atoms with Crippen LogP contribution in [0, 0.1) is 0 Å². The number of morpholine rings is 1. The minimum Gasteiger partial charge on any atom is -0.486 e. The largest absolute Gasteiger partial charge is 0.486 e. The Bertz CT molecular complexity index is 1100. The van der Waals surface area contributed by atoms with Crippen molar-refractivity contribution < 1.29 is 19.0 Å². The number of fused-ring (bicyclic) bond motifs is 1. The summed E-state index contributed by atoms with van der Waals surface area (Å²) in [5, 5.41) is 4.81. The molecule has 0 bridgehead atoms. The summed E-state index contributed by atoms with van der Waals surface area (Å²) < 4.78 is 18.5. The second-order valence-electron chi connectivity index (χ2n) is 7.34. The van der Waals surface area contributed by atoms with E-state index in [2.05, 4.69) is 0 Å². The van der Waals surface area contributed by atoms with Crippen molar-refractivity contribution in [1.82, 2.24) is 14.7 Å². The average molecular weight is 417 g/mol. The Morgan fingerprint density at radius 1 is 0.935 bits per heavy atom. The van der Waals surface area contributed by atoms with Gasteiger partial charge in [-0.15, -0.1) is 0 Å². The predicted molar refractivity (Wildman–Crippen MR) is 116 cm³/mol. The Morgan fingerprint density at radius 2 is 1.71 bits per heavy atom. The fraction of sp³-hybridized carbons (Fsp3) is 0.250. The third-order valence-corrected chi connectivity index (χ3v) is 5.31. The zero-order valence-corrected chi connectivity index (χ0v) is 17.1. The van der Waals surface area contributed by atoms with E-state index < -0.39 is 0 Å². The van der Waals surface area contributed by atoms with Gasteiger partial charge in [0, 0.05) is 36.5 Å². The van der Waals surface area contributed by atoms with Crippen molar-refractivity contribution in [2.75, 3.05) is 39.5 Å². The van der Waals surface area contributed by atoms with E-state index in [1.165, 1.54) is 0 Å². The summed E-state index contributed by atoms with van der Waals surface area (Å²) in [6.45, 7) is 3.45. The normalized spacial score (nSPS) is 15.9. The van der Waals surface area contributed by atoms with E-state index in [0.717, 1.165) is 28.3 Å². The van der Waals surface area contributed by atoms with E-state index in [1.54, 1.807) is 11.0 Å². The highest BCUT2D eigenvalue weighted by atomic mass is 16.6. The van der Waals surface area contributed by atoms with Gasteiger partial charge in [-0.2, -0.15) is 5.10 Å². The van der Waals surface area contributed by atoms with Crippen LogP contribution in [0.1, 0.15) is 5.56 Å². The van der Waals surface area contributed by atoms with Gasteiger partial charge in [-0.3, -0.25) is 4.79 Å². The smallest absolute Gasteiger partial charge is 0.246 e. The number of rotatable bonds is 4. The Balaban J connectivity index is 1.50. The van der Waals surface area contributed by atoms with Gasteiger partial charge in [0.2, 0.25) is 5.91 Å². The molecule has 2 aliphatic heterocycles. The van der Waals surface area contributed by atoms with Crippen LogP contribution in [0.4, 0.5) is 0 Å². The van der Waals surface area contributed by atoms with Crippen LogP contribution >= 0.6 is 0 Å². The molecule has 0 spiro atoms. The quantitative estimate of drug-likeness (QED) is 0.610. The van der Waals surface area contributed by atoms with E-state index in [-0.39, 0.29) is 5.91 Å². The molecule has 2 aromatic carbocycles. The summed E-state index contributed by atoms with van der Waals surface area (Å²) in [7, 11) is 0. The van der Waals surface area contributed by atoms with Crippen LogP contribution in [-0.2, 0) is 9.53 Å². The zero-order valence-electron chi connectivity index (χ0n) is 17.1. The maximum absolute atomic E-state index is 12.6. The molecule has 0 atom stereocenters. The lowest BCUT2D eigenvalue weighted by molar-refractivity contribution is -0.129. The number of hydrogen-bond acceptors (Lipinski definition) is 5. The molecule has 1 amide bonds. The summed E-state index contributed by atoms with van der Waals surface area (Å²) in [5.41, 5.74) is 3.46. The third kappa shape index (κ3) is 4.18. The van der Waals surface area contributed by atoms with Crippen LogP contribution in [0.2, 0.25) is 0 Å². The maximum Gasteiger partial charge on any atom is 0.246 e. The van der Waals surface area contributed by atoms with Crippen LogP contribution in [0.25, 0.3) is 23.0 Å². The van der Waals surface area contributed by atoms with Gasteiger partial charge in [-0.25, -0.2) is 4.68 Å². The molecule has 0 aliphatic carbocycles. The number of carbonyl (C=O) groups excluding carboxylic acids is 1. The molecular formula is C24H23N3O4. The molecule has 7 nitrogen and oxygen atoms in total. The molecule has 0 N–H and O–H groups in total. The Kier molecular flexibility index (Phi) is 5.41. The number of nitrogens with zero attached hydrogens (tertiary/aromatic N) is 3. The molecule has 1 aromatic heterocycles. The van der Waals surface area contributed by atoms with Gasteiger partial charge >= 0.3 is 0 Å². The van der Waals surface area contributed by atoms with Crippen LogP contribution in [0.15, 0.2) is 60.8 Å². The lowest BCUT2D eigenvalue weighted by Gasteiger charge is -2.25. The minimum absolute atomic E-state index is 0.0242. The van der Waals surface area contributed by atoms with Crippen molar-refractivity contribution in [1.29, 1.82) is 0 Å². The number of hydrogen-bond donors (Lipinski definition) is 0. The van der Waals surface area contributed by atoms with Crippen molar-refractivity contribution in [2.45, 2.75) is 0 Å². The van der Waals surface area contributed by atoms with E-state index in [1.807, 2.05) is 65.5 Å². The summed E-state index contributed by atoms with van der Waals surface area (Å²) in [4.78, 5) is 14.4. The van der Waals surface area contributed by atoms with Gasteiger partial charge in [0.25, 0.3) is 0 Å². The third-order valence-electron chi connectivity index (χ3n) is 5.31. The molecule has 158 valence electrons. The van der Waals surface area contributed by atoms with E-state index >= 15 is 0 Å². The topological polar surface area (TPSA) is 65.8 Å². The second kappa shape index (κ2) is 8.65. The number of benzene rings is 2. The van der Waals surface area contributed by atoms with Gasteiger partial charge in [-0.05, 0) is 36.4 Å². The van der Waals surface area contributed by atoms with Crippen molar-refractivity contribution in [3.8, 4) is 28.4 Å². The fourth-order valence-corrected chi connectivity index (χ4v) is 3.69. The Morgan fingerprint density at radius 3 is 2.52 bits per heavy atom. The van der Waals surface area contributed by atoms with Gasteiger partial charge in [0.05, 0.1) is 18.9 Å². The molecule has 31 heavy (non-hydrogen) atoms. The van der Waals surface area contributed by atoms with Gasteiger partial charge in [-0.1, -0.05) is 18.2 Å². The van der Waals surface area contributed by atoms with Crippen LogP contribution < -0.4 is 9.47 Å². The van der Waals surface area contributed by atoms with Crippen molar-refractivity contribution >= 4 is 12.0 Å². The first-order chi connectivity index (χ1) is 15.3. The molecule has 3 heterocycles. The van der Waals surface area contributed by atoms with E-state index in [9.17, 15) is 4.79 Å². The highest BCUT2D eigenvalue weighted by Crippen LogP contribution is 2.35. The molecule has 3 aromatic rings. The summed E-state index contributed by atoms with van der Waals surface area (Å²) in [5.74, 6) is 1.42. The highest BCUT2D eigenvalue weighted by Gasteiger charge is 2.18. The van der Waals surface area contributed by atoms with Gasteiger partial charge < -0.3 is 19.1 Å². The lowest BCUT2D eigenvalue weighted by atomic mass is 10.1. The molecular weight excluding hydrogens is 394 g/mol. The van der Waals surface area contributed by atoms with Crippen LogP contribution in [0.3, 0.4) is 0 Å². The number of carbonyl (C=O) groups is 1. The molecule has 1 fully saturated rings. The number of amides is 1. The average Bonchev–Trinajstić information content (AvgIpc) is 3.27. The first kappa shape index (κ1) is 19.4. The SMILES string of the molecule is O=C(/C=C/c1cn(-c2ccccc2)nc1-c1ccc2c(c1)OCCO2)N1CCOCC1. The highest BCUT2D eigenvalue weighted by molar-refractivity contribution is 5.93. The minimum atomic E-state index is -0.0242. The second-order valence-corrected chi connectivity index (χ2v) is 7.34. The Labute approximate surface area is 180 Å². The van der Waals surface area contributed by atoms with Crippen LogP contribution in [-0.4, -0.2) is 60.1 Å². The molecule has 7 heteroatoms.